The summed E-state index contributed by atoms with van der Waals surface area (Å²) in [7, 11) is 0. The van der Waals surface area contributed by atoms with Gasteiger partial charge in [0.05, 0.1) is 200 Å². The topological polar surface area (TPSA) is 378 Å². The molecule has 8 atom stereocenters. The number of hydrogen-bond donors (Lipinski definition) is 5. The minimum atomic E-state index is -1.04. The van der Waals surface area contributed by atoms with Gasteiger partial charge < -0.3 is 131 Å². The summed E-state index contributed by atoms with van der Waals surface area (Å²) in [6.45, 7) is 30.7. The molecule has 36 nitrogen and oxygen atoms in total. The van der Waals surface area contributed by atoms with Crippen LogP contribution in [0.5, 0.6) is 0 Å². The fraction of sp³-hybridized carbons (Fsp3) is 0.928. The number of ether oxygens (including phenoxy) is 17. The van der Waals surface area contributed by atoms with Gasteiger partial charge in [-0.1, -0.05) is 0 Å². The Kier molecular flexibility index (Phi) is 40.9. The van der Waals surface area contributed by atoms with Gasteiger partial charge in [-0.25, -0.2) is 24.0 Å². The summed E-state index contributed by atoms with van der Waals surface area (Å²) in [5, 5.41) is 47.7. The van der Waals surface area contributed by atoms with Crippen LogP contribution in [0.4, 0.5) is 24.0 Å². The fourth-order valence-electron chi connectivity index (χ4n) is 12.2. The molecule has 0 spiro atoms. The molecule has 0 aromatic rings. The number of epoxide rings is 4. The predicted molar refractivity (Wildman–Crippen MR) is 376 cm³/mol. The molecule has 36 heteroatoms. The molecule has 5 amide bonds. The van der Waals surface area contributed by atoms with Gasteiger partial charge in [-0.3, -0.25) is 19.6 Å². The number of hydrogen-bond acceptors (Lipinski definition) is 31. The molecular formula is C69H126N10O26. The third-order valence-electron chi connectivity index (χ3n) is 18.4. The highest BCUT2D eigenvalue weighted by Crippen LogP contribution is 2.26. The normalized spacial score (nSPS) is 23.8. The number of carbonyl (C=O) groups is 5. The lowest BCUT2D eigenvalue weighted by Crippen LogP contribution is -2.51. The molecule has 9 aliphatic heterocycles. The van der Waals surface area contributed by atoms with E-state index in [-0.39, 0.29) is 113 Å². The Morgan fingerprint density at radius 1 is 0.324 bits per heavy atom. The van der Waals surface area contributed by atoms with Crippen molar-refractivity contribution < 1.29 is 125 Å². The molecule has 0 bridgehead atoms. The lowest BCUT2D eigenvalue weighted by molar-refractivity contribution is -0.134. The molecule has 0 aromatic heterocycles. The first-order valence-electron chi connectivity index (χ1n) is 37.9. The summed E-state index contributed by atoms with van der Waals surface area (Å²) in [6.07, 6.45) is -4.14. The maximum Gasteiger partial charge on any atom is 0.409 e. The van der Waals surface area contributed by atoms with E-state index in [1.807, 2.05) is 6.92 Å². The Labute approximate surface area is 619 Å². The Morgan fingerprint density at radius 3 is 0.705 bits per heavy atom. The van der Waals surface area contributed by atoms with E-state index in [4.69, 9.17) is 80.5 Å². The first-order chi connectivity index (χ1) is 50.9. The van der Waals surface area contributed by atoms with Gasteiger partial charge in [0.1, 0.15) is 24.4 Å². The van der Waals surface area contributed by atoms with Gasteiger partial charge in [0.2, 0.25) is 0 Å². The molecule has 0 saturated carbocycles. The zero-order valence-corrected chi connectivity index (χ0v) is 63.1. The number of rotatable bonds is 45. The van der Waals surface area contributed by atoms with Crippen molar-refractivity contribution in [2.24, 2.45) is 10.8 Å². The van der Waals surface area contributed by atoms with Crippen LogP contribution in [-0.4, -0.2) is 466 Å². The second-order valence-corrected chi connectivity index (χ2v) is 27.9. The van der Waals surface area contributed by atoms with Crippen molar-refractivity contribution in [2.75, 3.05) is 322 Å². The summed E-state index contributed by atoms with van der Waals surface area (Å²) in [6, 6.07) is 0. The maximum absolute atomic E-state index is 12.2. The average Bonchev–Trinajstić information content (AvgIpc) is 1.78. The van der Waals surface area contributed by atoms with Crippen molar-refractivity contribution in [2.45, 2.75) is 83.5 Å². The van der Waals surface area contributed by atoms with E-state index < -0.39 is 29.8 Å². The molecule has 0 aliphatic carbocycles. The van der Waals surface area contributed by atoms with Crippen LogP contribution < -0.4 is 5.32 Å². The van der Waals surface area contributed by atoms with Crippen LogP contribution in [0.3, 0.4) is 0 Å². The molecular weight excluding hydrogens is 1380 g/mol. The number of carbonyl (C=O) groups excluding carboxylic acids is 5. The van der Waals surface area contributed by atoms with Crippen molar-refractivity contribution in [1.29, 1.82) is 0 Å². The smallest absolute Gasteiger partial charge is 0.409 e. The molecule has 9 aliphatic rings. The van der Waals surface area contributed by atoms with Gasteiger partial charge in [-0.15, -0.1) is 0 Å². The van der Waals surface area contributed by atoms with Crippen LogP contribution in [0.2, 0.25) is 0 Å². The summed E-state index contributed by atoms with van der Waals surface area (Å²) in [4.78, 5) is 76.4. The first-order valence-corrected chi connectivity index (χ1v) is 37.9. The van der Waals surface area contributed by atoms with E-state index >= 15 is 0 Å². The highest BCUT2D eigenvalue weighted by Gasteiger charge is 2.39. The minimum absolute atomic E-state index is 0.00948. The van der Waals surface area contributed by atoms with Crippen LogP contribution in [0, 0.1) is 10.8 Å². The van der Waals surface area contributed by atoms with Crippen molar-refractivity contribution in [3.63, 3.8) is 0 Å². The third kappa shape index (κ3) is 35.8. The largest absolute Gasteiger partial charge is 0.450 e. The fourth-order valence-corrected chi connectivity index (χ4v) is 12.2. The van der Waals surface area contributed by atoms with E-state index in [1.54, 1.807) is 52.2 Å². The molecule has 0 radical (unpaired) electrons. The van der Waals surface area contributed by atoms with Gasteiger partial charge in [0, 0.05) is 157 Å². The molecule has 9 heterocycles. The molecule has 105 heavy (non-hydrogen) atoms. The quantitative estimate of drug-likeness (QED) is 0.0334. The van der Waals surface area contributed by atoms with Crippen molar-refractivity contribution in [1.82, 2.24) is 49.4 Å². The molecule has 9 saturated heterocycles. The highest BCUT2D eigenvalue weighted by atomic mass is 16.6. The Balaban J connectivity index is 0.000000342. The van der Waals surface area contributed by atoms with Gasteiger partial charge in [0.25, 0.3) is 0 Å². The van der Waals surface area contributed by atoms with Crippen LogP contribution in [0.1, 0.15) is 34.6 Å². The minimum Gasteiger partial charge on any atom is -0.450 e. The Morgan fingerprint density at radius 2 is 0.514 bits per heavy atom. The SMILES string of the molecule is C(OCC(COCC1CO1)(COCC1CO1)COCC1CO1)C1CO1.CCOC(=O)N1CCN(CC(O)COCC(COCC(O)CN2CCN(C(=O)OCC)CC2)(COCC(O)CN2CCN(C(=O)OCC)CC2)COCC(O)CN2CCN(C(=O)OCC)CC2)CC1.CCOC(=O)N1CCNCC1. The summed E-state index contributed by atoms with van der Waals surface area (Å²) in [5.74, 6) is 0. The lowest BCUT2D eigenvalue weighted by atomic mass is 9.92. The molecule has 8 unspecified atom stereocenters. The highest BCUT2D eigenvalue weighted by molar-refractivity contribution is 5.69. The number of aliphatic hydroxyl groups excluding tert-OH is 4. The monoisotopic (exact) mass is 1510 g/mol. The Hall–Kier alpha value is -4.49. The number of nitrogens with zero attached hydrogens (tertiary/aromatic N) is 9. The van der Waals surface area contributed by atoms with E-state index in [9.17, 15) is 44.4 Å². The number of aliphatic hydroxyl groups is 4. The van der Waals surface area contributed by atoms with Crippen LogP contribution in [-0.2, 0) is 80.5 Å². The standard InChI is InChI=1S/C45H84N8O16.C17H28O8.C7H14N2O2/c1-5-66-41(58)50-17-9-46(10-18-50)25-37(54)29-62-33-45(34-63-30-38(55)26-47-11-19-51(20-12-47)42(59)67-6-2,35-64-31-39(56)27-48-13-21-52(22-14-48)43(60)68-7-3)36-65-32-40(57)28-49-15-23-53(24-16-49)44(61)69-8-4;1(13-5-22-13)18-9-17(10-19-2-14-6-23-14,11-20-3-15-7-24-15)12-21-4-16-8-25-16;1-2-11-7(10)9-5-3-8-4-6-9/h37-40,54-57H,5-36H2,1-4H3;13-16H,1-12H2;8H,2-6H2,1H3. The summed E-state index contributed by atoms with van der Waals surface area (Å²) < 4.78 is 94.7. The second kappa shape index (κ2) is 48.9. The van der Waals surface area contributed by atoms with Crippen molar-refractivity contribution in [3.05, 3.63) is 0 Å². The van der Waals surface area contributed by atoms with Gasteiger partial charge in [-0.2, -0.15) is 0 Å². The number of amides is 5. The van der Waals surface area contributed by atoms with E-state index in [0.29, 0.717) is 217 Å². The average molecular weight is 1510 g/mol. The number of piperazine rings is 5. The second-order valence-electron chi connectivity index (χ2n) is 27.9. The summed E-state index contributed by atoms with van der Waals surface area (Å²) >= 11 is 0. The van der Waals surface area contributed by atoms with E-state index in [2.05, 4.69) is 24.9 Å². The van der Waals surface area contributed by atoms with Gasteiger partial charge in [0.15, 0.2) is 0 Å². The van der Waals surface area contributed by atoms with Crippen LogP contribution in [0.15, 0.2) is 0 Å². The van der Waals surface area contributed by atoms with Crippen molar-refractivity contribution >= 4 is 30.5 Å². The van der Waals surface area contributed by atoms with E-state index in [0.717, 1.165) is 52.6 Å². The van der Waals surface area contributed by atoms with Gasteiger partial charge >= 0.3 is 30.5 Å². The zero-order valence-electron chi connectivity index (χ0n) is 63.1. The molecule has 0 aromatic carbocycles. The predicted octanol–water partition coefficient (Wildman–Crippen LogP) is -1.74. The number of β-amino-alcohol motifs (C(OH)–C–C–N with tert-alkyl or cyclic N) is 4. The third-order valence-corrected chi connectivity index (χ3v) is 18.4. The van der Waals surface area contributed by atoms with Crippen LogP contribution in [0.25, 0.3) is 0 Å². The Bertz CT molecular complexity index is 2100. The molecule has 608 valence electrons. The zero-order chi connectivity index (χ0) is 75.1. The maximum atomic E-state index is 12.2. The molecule has 9 rings (SSSR count). The summed E-state index contributed by atoms with van der Waals surface area (Å²) in [5.41, 5.74) is -1.39. The van der Waals surface area contributed by atoms with Gasteiger partial charge in [-0.05, 0) is 34.6 Å². The van der Waals surface area contributed by atoms with E-state index in [1.165, 1.54) is 0 Å². The van der Waals surface area contributed by atoms with Crippen LogP contribution >= 0.6 is 0 Å². The number of nitrogens with one attached hydrogen (secondary N) is 1. The molecule has 9 fully saturated rings. The van der Waals surface area contributed by atoms with Crippen molar-refractivity contribution in [3.8, 4) is 0 Å². The first kappa shape index (κ1) is 87.7. The molecule has 5 N–H and O–H groups in total. The lowest BCUT2D eigenvalue weighted by Gasteiger charge is -2.37.